The van der Waals surface area contributed by atoms with Crippen molar-refractivity contribution in [3.05, 3.63) is 23.3 Å². The van der Waals surface area contributed by atoms with Gasteiger partial charge in [0.05, 0.1) is 0 Å². The first kappa shape index (κ1) is 9.71. The fourth-order valence-electron chi connectivity index (χ4n) is 1.25. The zero-order chi connectivity index (χ0) is 10.3. The fraction of sp³-hybridized carbons (Fsp3) is 0.333. The van der Waals surface area contributed by atoms with E-state index in [0.29, 0.717) is 11.5 Å². The van der Waals surface area contributed by atoms with Crippen LogP contribution >= 0.6 is 8.17 Å². The van der Waals surface area contributed by atoms with Crippen molar-refractivity contribution in [1.29, 1.82) is 0 Å². The van der Waals surface area contributed by atoms with Crippen molar-refractivity contribution in [1.82, 2.24) is 0 Å². The van der Waals surface area contributed by atoms with Gasteiger partial charge in [-0.2, -0.15) is 0 Å². The van der Waals surface area contributed by atoms with Crippen molar-refractivity contribution < 1.29 is 18.5 Å². The molecule has 1 aromatic rings. The van der Waals surface area contributed by atoms with Crippen LogP contribution in [0, 0.1) is 13.8 Å². The maximum absolute atomic E-state index is 9.65. The second kappa shape index (κ2) is 3.09. The monoisotopic (exact) mass is 215 g/mol. The van der Waals surface area contributed by atoms with Crippen LogP contribution in [-0.4, -0.2) is 12.0 Å². The number of hydrogen-bond acceptors (Lipinski definition) is 4. The van der Waals surface area contributed by atoms with Gasteiger partial charge in [-0.25, -0.2) is 0 Å². The smallest absolute Gasteiger partial charge is 0.402 e. The van der Waals surface area contributed by atoms with Crippen LogP contribution < -0.4 is 9.05 Å². The quantitative estimate of drug-likeness (QED) is 0.730. The third-order valence-electron chi connectivity index (χ3n) is 2.22. The molecule has 0 fully saturated rings. The zero-order valence-corrected chi connectivity index (χ0v) is 9.17. The lowest BCUT2D eigenvalue weighted by Gasteiger charge is -2.16. The summed E-state index contributed by atoms with van der Waals surface area (Å²) in [5, 5.41) is 0. The Morgan fingerprint density at radius 1 is 1.14 bits per heavy atom. The van der Waals surface area contributed by atoms with E-state index in [9.17, 15) is 4.89 Å². The van der Waals surface area contributed by atoms with Crippen molar-refractivity contribution in [2.45, 2.75) is 13.8 Å². The van der Waals surface area contributed by atoms with E-state index >= 15 is 0 Å². The Kier molecular flexibility index (Phi) is 2.14. The van der Waals surface area contributed by atoms with E-state index in [1.165, 1.54) is 7.11 Å². The molecule has 0 spiro atoms. The first-order chi connectivity index (χ1) is 6.54. The van der Waals surface area contributed by atoms with Gasteiger partial charge in [-0.15, -0.1) is 0 Å². The van der Waals surface area contributed by atoms with Crippen LogP contribution in [0.1, 0.15) is 11.1 Å². The molecule has 0 bridgehead atoms. The lowest BCUT2D eigenvalue weighted by molar-refractivity contribution is 0.234. The molecule has 2 rings (SSSR count). The van der Waals surface area contributed by atoms with E-state index in [1.807, 2.05) is 26.0 Å². The molecule has 1 aliphatic heterocycles. The molecule has 14 heavy (non-hydrogen) atoms. The molecule has 4 nitrogen and oxygen atoms in total. The Labute approximate surface area is 83.1 Å². The van der Waals surface area contributed by atoms with Gasteiger partial charge < -0.3 is 9.05 Å². The van der Waals surface area contributed by atoms with Crippen LogP contribution in [0.4, 0.5) is 0 Å². The number of aryl methyl sites for hydroxylation is 2. The molecular weight excluding hydrogens is 203 g/mol. The summed E-state index contributed by atoms with van der Waals surface area (Å²) >= 11 is 0. The van der Waals surface area contributed by atoms with Crippen LogP contribution in [0.5, 0.6) is 11.5 Å². The maximum atomic E-state index is 9.65. The Morgan fingerprint density at radius 3 is 1.93 bits per heavy atom. The van der Waals surface area contributed by atoms with Crippen molar-refractivity contribution in [3.8, 4) is 11.5 Å². The Hall–Kier alpha value is -0.830. The molecule has 1 aromatic carbocycles. The Morgan fingerprint density at radius 2 is 1.57 bits per heavy atom. The highest BCUT2D eigenvalue weighted by molar-refractivity contribution is 7.56. The predicted octanol–water partition coefficient (Wildman–Crippen LogP) is 2.39. The summed E-state index contributed by atoms with van der Waals surface area (Å²) in [4.78, 5) is 9.65. The minimum Gasteiger partial charge on any atom is -0.402 e. The first-order valence-corrected chi connectivity index (χ1v) is 5.71. The van der Waals surface area contributed by atoms with Crippen LogP contribution in [0.3, 0.4) is 0 Å². The van der Waals surface area contributed by atoms with Crippen LogP contribution in [0.2, 0.25) is 0 Å². The first-order valence-electron chi connectivity index (χ1n) is 4.22. The number of benzene rings is 1. The standard InChI is InChI=1S/C9H12O4P/c1-6-4-8-9(5-7(6)2)13-14(10,11-3)12-8/h4-5,10H,1-3H3. The summed E-state index contributed by atoms with van der Waals surface area (Å²) in [5.41, 5.74) is 2.19. The van der Waals surface area contributed by atoms with E-state index in [-0.39, 0.29) is 0 Å². The maximum Gasteiger partial charge on any atom is 0.491 e. The van der Waals surface area contributed by atoms with Gasteiger partial charge in [-0.3, -0.25) is 9.42 Å². The van der Waals surface area contributed by atoms with E-state index in [4.69, 9.17) is 13.6 Å². The average molecular weight is 215 g/mol. The average Bonchev–Trinajstić information content (AvgIpc) is 2.43. The number of hydrogen-bond donors (Lipinski definition) is 1. The van der Waals surface area contributed by atoms with Gasteiger partial charge in [0.15, 0.2) is 11.5 Å². The third kappa shape index (κ3) is 1.46. The van der Waals surface area contributed by atoms with Crippen molar-refractivity contribution in [2.24, 2.45) is 0 Å². The number of fused-ring (bicyclic) bond motifs is 1. The van der Waals surface area contributed by atoms with E-state index in [0.717, 1.165) is 11.1 Å². The minimum absolute atomic E-state index is 0.547. The van der Waals surface area contributed by atoms with Gasteiger partial charge in [0.25, 0.3) is 0 Å². The molecule has 5 heteroatoms. The molecule has 1 heterocycles. The summed E-state index contributed by atoms with van der Waals surface area (Å²) in [6.07, 6.45) is 0. The summed E-state index contributed by atoms with van der Waals surface area (Å²) in [5.74, 6) is 1.09. The predicted molar refractivity (Wildman–Crippen MR) is 53.3 cm³/mol. The zero-order valence-electron chi connectivity index (χ0n) is 8.27. The molecule has 1 N–H and O–H groups in total. The summed E-state index contributed by atoms with van der Waals surface area (Å²) < 4.78 is 15.2. The second-order valence-corrected chi connectivity index (χ2v) is 4.88. The fourth-order valence-corrected chi connectivity index (χ4v) is 2.22. The SMILES string of the molecule is CO[P]1(O)Oc2cc(C)c(C)cc2O1. The van der Waals surface area contributed by atoms with Gasteiger partial charge in [0, 0.05) is 7.11 Å². The van der Waals surface area contributed by atoms with Gasteiger partial charge >= 0.3 is 8.17 Å². The highest BCUT2D eigenvalue weighted by atomic mass is 31.2. The second-order valence-electron chi connectivity index (χ2n) is 3.22. The normalized spacial score (nSPS) is 17.1. The molecule has 0 aliphatic carbocycles. The van der Waals surface area contributed by atoms with Gasteiger partial charge in [0.1, 0.15) is 0 Å². The van der Waals surface area contributed by atoms with Gasteiger partial charge in [-0.05, 0) is 37.1 Å². The molecule has 1 aliphatic rings. The summed E-state index contributed by atoms with van der Waals surface area (Å²) in [6.45, 7) is 3.95. The summed E-state index contributed by atoms with van der Waals surface area (Å²) in [7, 11) is -1.76. The topological polar surface area (TPSA) is 47.9 Å². The number of rotatable bonds is 1. The van der Waals surface area contributed by atoms with Gasteiger partial charge in [0.2, 0.25) is 0 Å². The third-order valence-corrected chi connectivity index (χ3v) is 3.53. The van der Waals surface area contributed by atoms with Crippen LogP contribution in [0.15, 0.2) is 12.1 Å². The minimum atomic E-state index is -3.12. The highest BCUT2D eigenvalue weighted by Gasteiger charge is 2.40. The molecule has 0 saturated heterocycles. The highest BCUT2D eigenvalue weighted by Crippen LogP contribution is 2.64. The lowest BCUT2D eigenvalue weighted by Crippen LogP contribution is -2.01. The van der Waals surface area contributed by atoms with Crippen molar-refractivity contribution in [3.63, 3.8) is 0 Å². The van der Waals surface area contributed by atoms with Crippen molar-refractivity contribution in [2.75, 3.05) is 7.11 Å². The summed E-state index contributed by atoms with van der Waals surface area (Å²) in [6, 6.07) is 3.67. The Bertz CT molecular complexity index is 346. The van der Waals surface area contributed by atoms with E-state index < -0.39 is 8.17 Å². The Balaban J connectivity index is 2.41. The van der Waals surface area contributed by atoms with Crippen LogP contribution in [0.25, 0.3) is 0 Å². The molecule has 0 saturated carbocycles. The van der Waals surface area contributed by atoms with Crippen molar-refractivity contribution >= 4 is 8.17 Å². The molecule has 0 amide bonds. The molecule has 1 radical (unpaired) electrons. The largest absolute Gasteiger partial charge is 0.491 e. The molecule has 0 aromatic heterocycles. The van der Waals surface area contributed by atoms with E-state index in [1.54, 1.807) is 0 Å². The van der Waals surface area contributed by atoms with Gasteiger partial charge in [-0.1, -0.05) is 0 Å². The van der Waals surface area contributed by atoms with E-state index in [2.05, 4.69) is 0 Å². The molecule has 0 unspecified atom stereocenters. The molecule has 0 atom stereocenters. The van der Waals surface area contributed by atoms with Crippen LogP contribution in [-0.2, 0) is 4.52 Å². The lowest BCUT2D eigenvalue weighted by atomic mass is 10.1. The molecule has 77 valence electrons. The molecular formula is C9H12O4P.